The largest absolute Gasteiger partial charge is 0.449 e. The molecular weight excluding hydrogens is 461 g/mol. The number of rotatable bonds is 6. The highest BCUT2D eigenvalue weighted by Crippen LogP contribution is 2.30. The molecule has 31 heavy (non-hydrogen) atoms. The second-order valence-electron chi connectivity index (χ2n) is 6.54. The predicted octanol–water partition coefficient (Wildman–Crippen LogP) is 3.79. The van der Waals surface area contributed by atoms with Gasteiger partial charge in [0.15, 0.2) is 6.10 Å². The van der Waals surface area contributed by atoms with Crippen molar-refractivity contribution in [2.75, 3.05) is 19.4 Å². The van der Waals surface area contributed by atoms with Crippen molar-refractivity contribution >= 4 is 39.2 Å². The van der Waals surface area contributed by atoms with Crippen LogP contribution in [0.4, 0.5) is 18.9 Å². The van der Waals surface area contributed by atoms with Crippen molar-refractivity contribution in [1.82, 2.24) is 4.31 Å². The number of anilines is 1. The minimum absolute atomic E-state index is 0.104. The van der Waals surface area contributed by atoms with Crippen molar-refractivity contribution < 1.29 is 35.9 Å². The first-order valence-corrected chi connectivity index (χ1v) is 10.5. The Hall–Kier alpha value is -2.63. The van der Waals surface area contributed by atoms with Gasteiger partial charge in [0, 0.05) is 19.8 Å². The maximum Gasteiger partial charge on any atom is 0.416 e. The van der Waals surface area contributed by atoms with Crippen LogP contribution in [0.5, 0.6) is 0 Å². The zero-order valence-electron chi connectivity index (χ0n) is 16.5. The Balaban J connectivity index is 2.16. The Morgan fingerprint density at radius 1 is 1.13 bits per heavy atom. The van der Waals surface area contributed by atoms with Crippen LogP contribution in [0.1, 0.15) is 22.8 Å². The number of benzene rings is 2. The molecule has 0 fully saturated rings. The Labute approximate surface area is 181 Å². The molecule has 1 atom stereocenters. The fourth-order valence-electron chi connectivity index (χ4n) is 2.33. The van der Waals surface area contributed by atoms with E-state index >= 15 is 0 Å². The molecule has 0 saturated heterocycles. The number of hydrogen-bond acceptors (Lipinski definition) is 5. The number of carbonyl (C=O) groups excluding carboxylic acids is 2. The van der Waals surface area contributed by atoms with E-state index in [0.29, 0.717) is 0 Å². The molecular formula is C19H18ClF3N2O5S. The smallest absolute Gasteiger partial charge is 0.416 e. The van der Waals surface area contributed by atoms with Gasteiger partial charge >= 0.3 is 12.1 Å². The van der Waals surface area contributed by atoms with Gasteiger partial charge in [0.2, 0.25) is 10.0 Å². The Morgan fingerprint density at radius 2 is 1.77 bits per heavy atom. The summed E-state index contributed by atoms with van der Waals surface area (Å²) >= 11 is 5.96. The number of nitrogens with one attached hydrogen (secondary N) is 1. The molecule has 1 amide bonds. The number of esters is 1. The third kappa shape index (κ3) is 5.96. The van der Waals surface area contributed by atoms with Gasteiger partial charge < -0.3 is 10.1 Å². The summed E-state index contributed by atoms with van der Waals surface area (Å²) in [6, 6.07) is 7.35. The lowest BCUT2D eigenvalue weighted by Crippen LogP contribution is -2.30. The van der Waals surface area contributed by atoms with Crippen molar-refractivity contribution in [3.63, 3.8) is 0 Å². The van der Waals surface area contributed by atoms with Crippen LogP contribution in [0, 0.1) is 0 Å². The molecule has 0 heterocycles. The standard InChI is InChI=1S/C19H18ClF3N2O5S/c1-11(17(26)24-13-6-4-5-12(9-13)19(21,22)23)30-18(27)15-10-14(7-8-16(15)20)31(28,29)25(2)3/h4-11H,1-3H3,(H,24,26)/t11-/m0/s1. The zero-order valence-corrected chi connectivity index (χ0v) is 18.1. The second kappa shape index (κ2) is 9.25. The molecule has 0 saturated carbocycles. The summed E-state index contributed by atoms with van der Waals surface area (Å²) in [7, 11) is -1.24. The zero-order chi connectivity index (χ0) is 23.6. The van der Waals surface area contributed by atoms with Gasteiger partial charge in [-0.3, -0.25) is 4.79 Å². The monoisotopic (exact) mass is 478 g/mol. The molecule has 168 valence electrons. The molecule has 0 bridgehead atoms. The SMILES string of the molecule is C[C@H](OC(=O)c1cc(S(=O)(=O)N(C)C)ccc1Cl)C(=O)Nc1cccc(C(F)(F)F)c1. The fraction of sp³-hybridized carbons (Fsp3) is 0.263. The van der Waals surface area contributed by atoms with Gasteiger partial charge in [0.1, 0.15) is 0 Å². The summed E-state index contributed by atoms with van der Waals surface area (Å²) in [6.07, 6.45) is -6.00. The van der Waals surface area contributed by atoms with Crippen LogP contribution in [-0.2, 0) is 25.7 Å². The number of sulfonamides is 1. The molecule has 7 nitrogen and oxygen atoms in total. The third-order valence-corrected chi connectivity index (χ3v) is 6.19. The van der Waals surface area contributed by atoms with E-state index in [9.17, 15) is 31.2 Å². The van der Waals surface area contributed by atoms with Gasteiger partial charge in [0.05, 0.1) is 21.0 Å². The molecule has 0 radical (unpaired) electrons. The van der Waals surface area contributed by atoms with Crippen LogP contribution in [0.25, 0.3) is 0 Å². The van der Waals surface area contributed by atoms with Crippen LogP contribution >= 0.6 is 11.6 Å². The van der Waals surface area contributed by atoms with Crippen LogP contribution < -0.4 is 5.32 Å². The Morgan fingerprint density at radius 3 is 2.35 bits per heavy atom. The van der Waals surface area contributed by atoms with Crippen molar-refractivity contribution in [2.24, 2.45) is 0 Å². The molecule has 2 aromatic rings. The lowest BCUT2D eigenvalue weighted by molar-refractivity contribution is -0.137. The molecule has 0 aliphatic carbocycles. The summed E-state index contributed by atoms with van der Waals surface area (Å²) < 4.78 is 68.8. The van der Waals surface area contributed by atoms with E-state index in [1.165, 1.54) is 39.2 Å². The van der Waals surface area contributed by atoms with E-state index in [1.54, 1.807) is 0 Å². The molecule has 1 N–H and O–H groups in total. The highest BCUT2D eigenvalue weighted by atomic mass is 35.5. The number of ether oxygens (including phenoxy) is 1. The summed E-state index contributed by atoms with van der Waals surface area (Å²) in [6.45, 7) is 1.20. The second-order valence-corrected chi connectivity index (χ2v) is 9.10. The minimum atomic E-state index is -4.59. The number of nitrogens with zero attached hydrogens (tertiary/aromatic N) is 1. The summed E-state index contributed by atoms with van der Waals surface area (Å²) in [4.78, 5) is 24.4. The number of halogens is 4. The lowest BCUT2D eigenvalue weighted by Gasteiger charge is -2.16. The van der Waals surface area contributed by atoms with Crippen LogP contribution in [0.3, 0.4) is 0 Å². The number of amides is 1. The Kier molecular flexibility index (Phi) is 7.35. The topological polar surface area (TPSA) is 92.8 Å². The van der Waals surface area contributed by atoms with Gasteiger partial charge in [-0.1, -0.05) is 17.7 Å². The van der Waals surface area contributed by atoms with E-state index in [2.05, 4.69) is 5.32 Å². The highest BCUT2D eigenvalue weighted by Gasteiger charge is 2.31. The fourth-order valence-corrected chi connectivity index (χ4v) is 3.45. The maximum atomic E-state index is 12.8. The van der Waals surface area contributed by atoms with Gasteiger partial charge in [0.25, 0.3) is 5.91 Å². The average Bonchev–Trinajstić information content (AvgIpc) is 2.67. The predicted molar refractivity (Wildman–Crippen MR) is 107 cm³/mol. The number of hydrogen-bond donors (Lipinski definition) is 1. The highest BCUT2D eigenvalue weighted by molar-refractivity contribution is 7.89. The molecule has 2 rings (SSSR count). The number of alkyl halides is 3. The van der Waals surface area contributed by atoms with Crippen LogP contribution in [0.15, 0.2) is 47.4 Å². The average molecular weight is 479 g/mol. The van der Waals surface area contributed by atoms with Crippen molar-refractivity contribution in [3.05, 3.63) is 58.6 Å². The third-order valence-electron chi connectivity index (χ3n) is 4.05. The van der Waals surface area contributed by atoms with Crippen molar-refractivity contribution in [3.8, 4) is 0 Å². The Bertz CT molecular complexity index is 1100. The van der Waals surface area contributed by atoms with Crippen LogP contribution in [-0.4, -0.2) is 44.8 Å². The molecule has 0 aromatic heterocycles. The molecule has 0 spiro atoms. The van der Waals surface area contributed by atoms with Gasteiger partial charge in [-0.2, -0.15) is 13.2 Å². The number of carbonyl (C=O) groups is 2. The first-order valence-electron chi connectivity index (χ1n) is 8.64. The van der Waals surface area contributed by atoms with Crippen molar-refractivity contribution in [1.29, 1.82) is 0 Å². The van der Waals surface area contributed by atoms with Gasteiger partial charge in [-0.25, -0.2) is 17.5 Å². The summed E-state index contributed by atoms with van der Waals surface area (Å²) in [5, 5.41) is 2.12. The first-order chi connectivity index (χ1) is 14.2. The quantitative estimate of drug-likeness (QED) is 0.638. The molecule has 0 aliphatic rings. The minimum Gasteiger partial charge on any atom is -0.449 e. The first kappa shape index (κ1) is 24.6. The molecule has 0 aliphatic heterocycles. The molecule has 0 unspecified atom stereocenters. The van der Waals surface area contributed by atoms with Gasteiger partial charge in [-0.15, -0.1) is 0 Å². The van der Waals surface area contributed by atoms with E-state index in [4.69, 9.17) is 16.3 Å². The van der Waals surface area contributed by atoms with E-state index < -0.39 is 39.7 Å². The molecule has 12 heteroatoms. The van der Waals surface area contributed by atoms with E-state index in [1.807, 2.05) is 0 Å². The van der Waals surface area contributed by atoms with Crippen molar-refractivity contribution in [2.45, 2.75) is 24.1 Å². The van der Waals surface area contributed by atoms with Crippen LogP contribution in [0.2, 0.25) is 5.02 Å². The lowest BCUT2D eigenvalue weighted by atomic mass is 10.2. The normalized spacial score (nSPS) is 13.0. The van der Waals surface area contributed by atoms with Gasteiger partial charge in [-0.05, 0) is 43.3 Å². The molecule has 2 aromatic carbocycles. The maximum absolute atomic E-state index is 12.8. The van der Waals surface area contributed by atoms with E-state index in [-0.39, 0.29) is 21.2 Å². The summed E-state index contributed by atoms with van der Waals surface area (Å²) in [5.41, 5.74) is -1.39. The summed E-state index contributed by atoms with van der Waals surface area (Å²) in [5.74, 6) is -1.96. The van der Waals surface area contributed by atoms with E-state index in [0.717, 1.165) is 28.6 Å².